The van der Waals surface area contributed by atoms with Crippen molar-refractivity contribution in [2.45, 2.75) is 59.5 Å². The number of carbonyl (C=O) groups excluding carboxylic acids is 2. The van der Waals surface area contributed by atoms with Crippen LogP contribution in [0.4, 0.5) is 4.79 Å². The van der Waals surface area contributed by atoms with E-state index in [0.717, 1.165) is 12.8 Å². The molecule has 4 N–H and O–H groups in total. The van der Waals surface area contributed by atoms with Crippen LogP contribution in [0.1, 0.15) is 58.2 Å². The molecule has 0 aliphatic rings. The van der Waals surface area contributed by atoms with Gasteiger partial charge in [0, 0.05) is 17.5 Å². The van der Waals surface area contributed by atoms with Gasteiger partial charge in [0.2, 0.25) is 0 Å². The molecular weight excluding hydrogens is 302 g/mol. The van der Waals surface area contributed by atoms with Gasteiger partial charge in [0.25, 0.3) is 5.91 Å². The smallest absolute Gasteiger partial charge is 0.321 e. The molecular formula is C19H32N3O2+. The Kier molecular flexibility index (Phi) is 8.47. The van der Waals surface area contributed by atoms with Gasteiger partial charge in [-0.3, -0.25) is 10.1 Å². The second-order valence-electron chi connectivity index (χ2n) is 6.88. The minimum absolute atomic E-state index is 0.00632. The summed E-state index contributed by atoms with van der Waals surface area (Å²) in [5.74, 6) is 0.112. The number of benzene rings is 1. The number of hydrogen-bond acceptors (Lipinski definition) is 2. The van der Waals surface area contributed by atoms with Crippen LogP contribution < -0.4 is 16.0 Å². The predicted molar refractivity (Wildman–Crippen MR) is 96.6 cm³/mol. The summed E-state index contributed by atoms with van der Waals surface area (Å²) in [6.07, 6.45) is 2.22. The van der Waals surface area contributed by atoms with E-state index < -0.39 is 6.03 Å². The Hall–Kier alpha value is -1.88. The molecule has 0 aliphatic heterocycles. The fourth-order valence-corrected chi connectivity index (χ4v) is 2.70. The van der Waals surface area contributed by atoms with Gasteiger partial charge >= 0.3 is 6.03 Å². The van der Waals surface area contributed by atoms with E-state index in [9.17, 15) is 9.59 Å². The van der Waals surface area contributed by atoms with Crippen LogP contribution in [0.15, 0.2) is 24.3 Å². The first-order valence-electron chi connectivity index (χ1n) is 8.86. The molecule has 5 heteroatoms. The van der Waals surface area contributed by atoms with Crippen molar-refractivity contribution in [3.63, 3.8) is 0 Å². The Bertz CT molecular complexity index is 524. The van der Waals surface area contributed by atoms with Gasteiger partial charge in [0.15, 0.2) is 6.54 Å². The molecule has 0 aromatic heterocycles. The number of nitrogens with one attached hydrogen (secondary N) is 2. The van der Waals surface area contributed by atoms with Crippen LogP contribution in [0.25, 0.3) is 0 Å². The molecule has 3 amide bonds. The van der Waals surface area contributed by atoms with Crippen molar-refractivity contribution in [3.8, 4) is 0 Å². The van der Waals surface area contributed by atoms with Crippen molar-refractivity contribution < 1.29 is 14.9 Å². The normalized spacial score (nSPS) is 12.3. The van der Waals surface area contributed by atoms with Gasteiger partial charge in [-0.2, -0.15) is 0 Å². The second-order valence-corrected chi connectivity index (χ2v) is 6.88. The zero-order valence-electron chi connectivity index (χ0n) is 15.6. The molecule has 0 saturated heterocycles. The third kappa shape index (κ3) is 7.13. The molecule has 1 rings (SSSR count). The highest BCUT2D eigenvalue weighted by molar-refractivity contribution is 5.94. The summed E-state index contributed by atoms with van der Waals surface area (Å²) in [5, 5.41) is 7.01. The number of hydrogen-bond donors (Lipinski definition) is 3. The number of aryl methyl sites for hydroxylation is 1. The van der Waals surface area contributed by atoms with Gasteiger partial charge in [0.1, 0.15) is 6.04 Å². The Morgan fingerprint density at radius 3 is 2.21 bits per heavy atom. The maximum Gasteiger partial charge on any atom is 0.321 e. The lowest BCUT2D eigenvalue weighted by Gasteiger charge is -2.20. The Balaban J connectivity index is 2.60. The SMILES string of the molecule is CCCc1ccc([C@@H]([NH2+]CC(=O)NC(=O)NC(C)C)C(C)C)cc1. The maximum absolute atomic E-state index is 11.9. The molecule has 0 spiro atoms. The summed E-state index contributed by atoms with van der Waals surface area (Å²) in [5.41, 5.74) is 2.55. The summed E-state index contributed by atoms with van der Waals surface area (Å²) in [6.45, 7) is 10.4. The van der Waals surface area contributed by atoms with Crippen LogP contribution in [0.5, 0.6) is 0 Å². The molecule has 1 aromatic carbocycles. The van der Waals surface area contributed by atoms with E-state index in [4.69, 9.17) is 0 Å². The van der Waals surface area contributed by atoms with Crippen molar-refractivity contribution >= 4 is 11.9 Å². The number of quaternary nitrogens is 1. The summed E-state index contributed by atoms with van der Waals surface area (Å²) in [7, 11) is 0. The lowest BCUT2D eigenvalue weighted by atomic mass is 9.94. The quantitative estimate of drug-likeness (QED) is 0.681. The second kappa shape index (κ2) is 10.1. The summed E-state index contributed by atoms with van der Waals surface area (Å²) >= 11 is 0. The van der Waals surface area contributed by atoms with Gasteiger partial charge < -0.3 is 10.6 Å². The summed E-state index contributed by atoms with van der Waals surface area (Å²) in [4.78, 5) is 23.5. The van der Waals surface area contributed by atoms with E-state index in [1.165, 1.54) is 11.1 Å². The number of amides is 3. The fraction of sp³-hybridized carbons (Fsp3) is 0.579. The van der Waals surface area contributed by atoms with Gasteiger partial charge in [-0.25, -0.2) is 4.79 Å². The molecule has 0 aliphatic carbocycles. The predicted octanol–water partition coefficient (Wildman–Crippen LogP) is 2.13. The third-order valence-electron chi connectivity index (χ3n) is 3.85. The van der Waals surface area contributed by atoms with Crippen LogP contribution in [-0.4, -0.2) is 24.5 Å². The highest BCUT2D eigenvalue weighted by Gasteiger charge is 2.21. The van der Waals surface area contributed by atoms with Crippen LogP contribution in [-0.2, 0) is 11.2 Å². The monoisotopic (exact) mass is 334 g/mol. The Morgan fingerprint density at radius 1 is 1.08 bits per heavy atom. The van der Waals surface area contributed by atoms with Gasteiger partial charge in [-0.15, -0.1) is 0 Å². The third-order valence-corrected chi connectivity index (χ3v) is 3.85. The summed E-state index contributed by atoms with van der Waals surface area (Å²) in [6, 6.07) is 8.39. The molecule has 0 unspecified atom stereocenters. The van der Waals surface area contributed by atoms with Crippen molar-refractivity contribution in [3.05, 3.63) is 35.4 Å². The first-order chi connectivity index (χ1) is 11.3. The number of urea groups is 1. The van der Waals surface area contributed by atoms with Crippen molar-refractivity contribution in [2.75, 3.05) is 6.54 Å². The first-order valence-corrected chi connectivity index (χ1v) is 8.86. The highest BCUT2D eigenvalue weighted by Crippen LogP contribution is 2.18. The van der Waals surface area contributed by atoms with Gasteiger partial charge in [-0.05, 0) is 25.8 Å². The zero-order valence-corrected chi connectivity index (χ0v) is 15.6. The summed E-state index contributed by atoms with van der Waals surface area (Å²) < 4.78 is 0. The van der Waals surface area contributed by atoms with Crippen molar-refractivity contribution in [1.29, 1.82) is 0 Å². The van der Waals surface area contributed by atoms with Crippen LogP contribution >= 0.6 is 0 Å². The minimum Gasteiger partial charge on any atom is -0.336 e. The number of carbonyl (C=O) groups is 2. The van der Waals surface area contributed by atoms with Crippen LogP contribution in [0, 0.1) is 5.92 Å². The molecule has 0 bridgehead atoms. The standard InChI is InChI=1S/C19H31N3O2/c1-6-7-15-8-10-16(11-9-15)18(13(2)3)20-12-17(23)22-19(24)21-14(4)5/h8-11,13-14,18,20H,6-7,12H2,1-5H3,(H2,21,22,23,24)/p+1/t18-/m0/s1. The average molecular weight is 334 g/mol. The first kappa shape index (κ1) is 20.2. The van der Waals surface area contributed by atoms with E-state index in [2.05, 4.69) is 55.7 Å². The highest BCUT2D eigenvalue weighted by atomic mass is 16.2. The largest absolute Gasteiger partial charge is 0.336 e. The number of rotatable bonds is 8. The van der Waals surface area contributed by atoms with E-state index in [1.54, 1.807) is 0 Å². The maximum atomic E-state index is 11.9. The lowest BCUT2D eigenvalue weighted by Crippen LogP contribution is -2.88. The zero-order chi connectivity index (χ0) is 18.1. The Labute approximate surface area is 145 Å². The molecule has 0 radical (unpaired) electrons. The van der Waals surface area contributed by atoms with Crippen molar-refractivity contribution in [2.24, 2.45) is 5.92 Å². The Morgan fingerprint density at radius 2 is 1.71 bits per heavy atom. The van der Waals surface area contributed by atoms with Gasteiger partial charge in [-0.1, -0.05) is 51.5 Å². The van der Waals surface area contributed by atoms with E-state index in [0.29, 0.717) is 5.92 Å². The molecule has 0 heterocycles. The molecule has 1 atom stereocenters. The molecule has 0 fully saturated rings. The number of nitrogens with two attached hydrogens (primary N) is 1. The fourth-order valence-electron chi connectivity index (χ4n) is 2.70. The van der Waals surface area contributed by atoms with E-state index in [-0.39, 0.29) is 24.5 Å². The molecule has 24 heavy (non-hydrogen) atoms. The molecule has 5 nitrogen and oxygen atoms in total. The van der Waals surface area contributed by atoms with E-state index >= 15 is 0 Å². The minimum atomic E-state index is -0.437. The topological polar surface area (TPSA) is 74.8 Å². The van der Waals surface area contributed by atoms with Crippen LogP contribution in [0.2, 0.25) is 0 Å². The van der Waals surface area contributed by atoms with E-state index in [1.807, 2.05) is 19.2 Å². The van der Waals surface area contributed by atoms with Gasteiger partial charge in [0.05, 0.1) is 0 Å². The average Bonchev–Trinajstić information content (AvgIpc) is 2.48. The lowest BCUT2D eigenvalue weighted by molar-refractivity contribution is -0.692. The van der Waals surface area contributed by atoms with Crippen molar-refractivity contribution in [1.82, 2.24) is 10.6 Å². The number of imide groups is 1. The van der Waals surface area contributed by atoms with Crippen LogP contribution in [0.3, 0.4) is 0 Å². The molecule has 134 valence electrons. The molecule has 1 aromatic rings. The molecule has 0 saturated carbocycles.